The highest BCUT2D eigenvalue weighted by Gasteiger charge is 2.35. The minimum absolute atomic E-state index is 0.0831. The first-order valence-electron chi connectivity index (χ1n) is 7.57. The Balaban J connectivity index is 2.61. The first-order valence-corrected chi connectivity index (χ1v) is 7.57. The first kappa shape index (κ1) is 17.6. The fraction of sp³-hybridized carbons (Fsp3) is 0.333. The van der Waals surface area contributed by atoms with Gasteiger partial charge in [-0.25, -0.2) is 9.59 Å². The van der Waals surface area contributed by atoms with E-state index in [1.54, 1.807) is 31.4 Å². The number of esters is 1. The molecule has 1 unspecified atom stereocenters. The number of hydrogen-bond acceptors (Lipinski definition) is 5. The Morgan fingerprint density at radius 2 is 1.79 bits per heavy atom. The molecule has 0 spiro atoms. The maximum Gasteiger partial charge on any atom is 0.336 e. The molecule has 1 aliphatic rings. The summed E-state index contributed by atoms with van der Waals surface area (Å²) < 4.78 is 10.6. The van der Waals surface area contributed by atoms with Gasteiger partial charge in [0.2, 0.25) is 0 Å². The SMILES string of the molecule is COC(=O)C1=CN(C)C=C(C(=O)O)C1c1ccccc1OC(C)C. The van der Waals surface area contributed by atoms with Gasteiger partial charge in [-0.2, -0.15) is 0 Å². The number of hydrogen-bond donors (Lipinski definition) is 1. The summed E-state index contributed by atoms with van der Waals surface area (Å²) in [4.78, 5) is 25.5. The Labute approximate surface area is 141 Å². The third kappa shape index (κ3) is 3.59. The van der Waals surface area contributed by atoms with Gasteiger partial charge in [-0.15, -0.1) is 0 Å². The van der Waals surface area contributed by atoms with Crippen molar-refractivity contribution in [2.75, 3.05) is 14.2 Å². The molecule has 0 aromatic heterocycles. The molecule has 1 aromatic rings. The number of nitrogens with zero attached hydrogens (tertiary/aromatic N) is 1. The fourth-order valence-corrected chi connectivity index (χ4v) is 2.68. The van der Waals surface area contributed by atoms with Gasteiger partial charge in [-0.1, -0.05) is 18.2 Å². The number of para-hydroxylation sites is 1. The van der Waals surface area contributed by atoms with Gasteiger partial charge in [0.1, 0.15) is 5.75 Å². The van der Waals surface area contributed by atoms with Gasteiger partial charge in [0.05, 0.1) is 30.3 Å². The maximum absolute atomic E-state index is 12.2. The zero-order valence-corrected chi connectivity index (χ0v) is 14.1. The molecule has 0 saturated heterocycles. The highest BCUT2D eigenvalue weighted by Crippen LogP contribution is 2.40. The lowest BCUT2D eigenvalue weighted by Gasteiger charge is -2.28. The number of carboxylic acids is 1. The number of benzene rings is 1. The molecule has 6 heteroatoms. The van der Waals surface area contributed by atoms with Crippen LogP contribution in [0.3, 0.4) is 0 Å². The van der Waals surface area contributed by atoms with Crippen molar-refractivity contribution in [1.29, 1.82) is 0 Å². The van der Waals surface area contributed by atoms with Crippen LogP contribution in [0.25, 0.3) is 0 Å². The minimum Gasteiger partial charge on any atom is -0.491 e. The quantitative estimate of drug-likeness (QED) is 0.836. The van der Waals surface area contributed by atoms with Crippen molar-refractivity contribution in [3.8, 4) is 5.75 Å². The fourth-order valence-electron chi connectivity index (χ4n) is 2.68. The molecule has 0 saturated carbocycles. The Kier molecular flexibility index (Phi) is 5.28. The maximum atomic E-state index is 12.2. The number of carbonyl (C=O) groups is 2. The van der Waals surface area contributed by atoms with Crippen molar-refractivity contribution in [3.05, 3.63) is 53.4 Å². The van der Waals surface area contributed by atoms with E-state index in [1.165, 1.54) is 18.2 Å². The number of rotatable bonds is 5. The van der Waals surface area contributed by atoms with Crippen molar-refractivity contribution in [3.63, 3.8) is 0 Å². The summed E-state index contributed by atoms with van der Waals surface area (Å²) in [6, 6.07) is 7.13. The number of aliphatic carboxylic acids is 1. The Morgan fingerprint density at radius 1 is 1.17 bits per heavy atom. The van der Waals surface area contributed by atoms with Crippen LogP contribution in [-0.2, 0) is 14.3 Å². The monoisotopic (exact) mass is 331 g/mol. The summed E-state index contributed by atoms with van der Waals surface area (Å²) in [5.74, 6) is -1.89. The van der Waals surface area contributed by atoms with Crippen LogP contribution in [0.1, 0.15) is 25.3 Å². The average Bonchev–Trinajstić information content (AvgIpc) is 2.53. The van der Waals surface area contributed by atoms with Gasteiger partial charge >= 0.3 is 11.9 Å². The van der Waals surface area contributed by atoms with Crippen molar-refractivity contribution < 1.29 is 24.2 Å². The van der Waals surface area contributed by atoms with E-state index in [-0.39, 0.29) is 17.3 Å². The van der Waals surface area contributed by atoms with Crippen LogP contribution in [0.2, 0.25) is 0 Å². The minimum atomic E-state index is -1.10. The molecule has 128 valence electrons. The molecule has 0 fully saturated rings. The van der Waals surface area contributed by atoms with Crippen LogP contribution in [0, 0.1) is 0 Å². The third-order valence-electron chi connectivity index (χ3n) is 3.57. The lowest BCUT2D eigenvalue weighted by atomic mass is 9.83. The molecule has 1 heterocycles. The lowest BCUT2D eigenvalue weighted by molar-refractivity contribution is -0.136. The molecule has 1 N–H and O–H groups in total. The van der Waals surface area contributed by atoms with E-state index in [0.29, 0.717) is 11.3 Å². The van der Waals surface area contributed by atoms with Gasteiger partial charge in [-0.3, -0.25) is 0 Å². The molecule has 1 aliphatic heterocycles. The van der Waals surface area contributed by atoms with Crippen LogP contribution in [0.4, 0.5) is 0 Å². The van der Waals surface area contributed by atoms with Crippen LogP contribution in [0.5, 0.6) is 5.75 Å². The van der Waals surface area contributed by atoms with E-state index in [9.17, 15) is 14.7 Å². The molecule has 24 heavy (non-hydrogen) atoms. The van der Waals surface area contributed by atoms with E-state index in [2.05, 4.69) is 0 Å². The van der Waals surface area contributed by atoms with E-state index in [1.807, 2.05) is 19.9 Å². The predicted molar refractivity (Wildman–Crippen MR) is 88.5 cm³/mol. The normalized spacial score (nSPS) is 17.2. The molecule has 0 aliphatic carbocycles. The van der Waals surface area contributed by atoms with E-state index in [4.69, 9.17) is 9.47 Å². The van der Waals surface area contributed by atoms with Crippen LogP contribution < -0.4 is 4.74 Å². The molecule has 6 nitrogen and oxygen atoms in total. The molecule has 0 amide bonds. The Hall–Kier alpha value is -2.76. The van der Waals surface area contributed by atoms with Crippen LogP contribution >= 0.6 is 0 Å². The van der Waals surface area contributed by atoms with E-state index >= 15 is 0 Å². The summed E-state index contributed by atoms with van der Waals surface area (Å²) in [7, 11) is 2.94. The smallest absolute Gasteiger partial charge is 0.336 e. The summed E-state index contributed by atoms with van der Waals surface area (Å²) in [5, 5.41) is 9.62. The van der Waals surface area contributed by atoms with E-state index in [0.717, 1.165) is 0 Å². The van der Waals surface area contributed by atoms with Gasteiger partial charge in [0, 0.05) is 25.0 Å². The van der Waals surface area contributed by atoms with Gasteiger partial charge in [0.15, 0.2) is 0 Å². The number of ether oxygens (including phenoxy) is 2. The summed E-state index contributed by atoms with van der Waals surface area (Å²) >= 11 is 0. The lowest BCUT2D eigenvalue weighted by Crippen LogP contribution is -2.27. The predicted octanol–water partition coefficient (Wildman–Crippen LogP) is 2.53. The van der Waals surface area contributed by atoms with Gasteiger partial charge < -0.3 is 19.5 Å². The Morgan fingerprint density at radius 3 is 2.38 bits per heavy atom. The summed E-state index contributed by atoms with van der Waals surface area (Å²) in [6.07, 6.45) is 2.99. The zero-order valence-electron chi connectivity index (χ0n) is 14.1. The molecule has 1 aromatic carbocycles. The molecule has 1 atom stereocenters. The van der Waals surface area contributed by atoms with Crippen molar-refractivity contribution in [2.24, 2.45) is 0 Å². The average molecular weight is 331 g/mol. The molecule has 0 bridgehead atoms. The van der Waals surface area contributed by atoms with Crippen LogP contribution in [-0.4, -0.2) is 42.2 Å². The van der Waals surface area contributed by atoms with Gasteiger partial charge in [-0.05, 0) is 19.9 Å². The molecule has 0 radical (unpaired) electrons. The largest absolute Gasteiger partial charge is 0.491 e. The zero-order chi connectivity index (χ0) is 17.9. The van der Waals surface area contributed by atoms with E-state index < -0.39 is 17.9 Å². The molecular formula is C18H21NO5. The van der Waals surface area contributed by atoms with Crippen molar-refractivity contribution in [1.82, 2.24) is 4.90 Å². The summed E-state index contributed by atoms with van der Waals surface area (Å²) in [6.45, 7) is 3.77. The van der Waals surface area contributed by atoms with Gasteiger partial charge in [0.25, 0.3) is 0 Å². The molecule has 2 rings (SSSR count). The molecular weight excluding hydrogens is 310 g/mol. The third-order valence-corrected chi connectivity index (χ3v) is 3.57. The van der Waals surface area contributed by atoms with Crippen molar-refractivity contribution in [2.45, 2.75) is 25.9 Å². The second-order valence-corrected chi connectivity index (χ2v) is 5.77. The number of carboxylic acid groups (broad SMARTS) is 1. The highest BCUT2D eigenvalue weighted by molar-refractivity contribution is 5.98. The second-order valence-electron chi connectivity index (χ2n) is 5.77. The standard InChI is InChI=1S/C18H21NO5/c1-11(2)24-15-8-6-5-7-12(15)16-13(17(20)21)9-19(3)10-14(16)18(22)23-4/h5-11,16H,1-4H3,(H,20,21). The number of methoxy groups -OCH3 is 1. The summed E-state index contributed by atoms with van der Waals surface area (Å²) in [5.41, 5.74) is 0.949. The second kappa shape index (κ2) is 7.21. The highest BCUT2D eigenvalue weighted by atomic mass is 16.5. The topological polar surface area (TPSA) is 76.1 Å². The van der Waals surface area contributed by atoms with Crippen LogP contribution in [0.15, 0.2) is 47.8 Å². The van der Waals surface area contributed by atoms with Crippen molar-refractivity contribution >= 4 is 11.9 Å². The number of carbonyl (C=O) groups excluding carboxylic acids is 1. The Bertz CT molecular complexity index is 705. The first-order chi connectivity index (χ1) is 11.3.